The lowest BCUT2D eigenvalue weighted by Crippen LogP contribution is -2.09. The molecule has 0 fully saturated rings. The Bertz CT molecular complexity index is 3160. The Labute approximate surface area is 330 Å². The molecule has 2 heterocycles. The molecule has 11 rings (SSSR count). The van der Waals surface area contributed by atoms with Crippen LogP contribution in [0.4, 0.5) is 17.1 Å². The molecule has 11 aromatic rings. The standard InChI is InChI=1S/C54H36N2O/c1-2-11-37(12-3-1)38-21-28-43(29-22-38)55(45-32-25-40(26-33-45)42-27-34-54-50(36-42)49-17-6-9-20-53(49)57-54)44-30-23-39(24-31-44)41-13-10-14-46(35-41)56-51-18-7-4-15-47(51)48-16-5-8-19-52(48)56/h1-36H. The minimum absolute atomic E-state index is 0.906. The van der Waals surface area contributed by atoms with Gasteiger partial charge in [-0.25, -0.2) is 0 Å². The number of rotatable bonds is 7. The summed E-state index contributed by atoms with van der Waals surface area (Å²) < 4.78 is 8.49. The zero-order chi connectivity index (χ0) is 37.7. The van der Waals surface area contributed by atoms with Crippen molar-refractivity contribution in [3.05, 3.63) is 218 Å². The van der Waals surface area contributed by atoms with Crippen LogP contribution in [-0.4, -0.2) is 4.57 Å². The largest absolute Gasteiger partial charge is 0.456 e. The number of furan rings is 1. The van der Waals surface area contributed by atoms with Crippen LogP contribution in [0.25, 0.3) is 82.8 Å². The summed E-state index contributed by atoms with van der Waals surface area (Å²) in [6, 6.07) is 78.2. The molecule has 3 nitrogen and oxygen atoms in total. The molecule has 0 atom stereocenters. The summed E-state index contributed by atoms with van der Waals surface area (Å²) in [4.78, 5) is 2.34. The fraction of sp³-hybridized carbons (Fsp3) is 0. The molecular weight excluding hydrogens is 693 g/mol. The molecular formula is C54H36N2O. The van der Waals surface area contributed by atoms with E-state index in [0.29, 0.717) is 0 Å². The summed E-state index contributed by atoms with van der Waals surface area (Å²) >= 11 is 0. The van der Waals surface area contributed by atoms with E-state index in [0.717, 1.165) is 55.8 Å². The molecule has 268 valence electrons. The van der Waals surface area contributed by atoms with Crippen LogP contribution in [-0.2, 0) is 0 Å². The SMILES string of the molecule is c1ccc(-c2ccc(N(c3ccc(-c4cccc(-n5c6ccccc6c6ccccc65)c4)cc3)c3ccc(-c4ccc5oc6ccccc6c5c4)cc3)cc2)cc1. The summed E-state index contributed by atoms with van der Waals surface area (Å²) in [7, 11) is 0. The lowest BCUT2D eigenvalue weighted by atomic mass is 10.0. The first-order valence-electron chi connectivity index (χ1n) is 19.4. The lowest BCUT2D eigenvalue weighted by Gasteiger charge is -2.26. The summed E-state index contributed by atoms with van der Waals surface area (Å²) in [5.41, 5.74) is 15.7. The van der Waals surface area contributed by atoms with E-state index in [2.05, 4.69) is 216 Å². The van der Waals surface area contributed by atoms with Crippen molar-refractivity contribution in [2.24, 2.45) is 0 Å². The molecule has 0 unspecified atom stereocenters. The number of fused-ring (bicyclic) bond motifs is 6. The molecule has 0 radical (unpaired) electrons. The monoisotopic (exact) mass is 728 g/mol. The van der Waals surface area contributed by atoms with Crippen molar-refractivity contribution < 1.29 is 4.42 Å². The fourth-order valence-electron chi connectivity index (χ4n) is 8.42. The molecule has 0 N–H and O–H groups in total. The van der Waals surface area contributed by atoms with E-state index < -0.39 is 0 Å². The van der Waals surface area contributed by atoms with E-state index in [-0.39, 0.29) is 0 Å². The maximum absolute atomic E-state index is 6.11. The molecule has 0 saturated heterocycles. The van der Waals surface area contributed by atoms with Crippen LogP contribution in [0.5, 0.6) is 0 Å². The van der Waals surface area contributed by atoms with Crippen molar-refractivity contribution >= 4 is 60.8 Å². The minimum atomic E-state index is 0.906. The molecule has 2 aromatic heterocycles. The Hall–Kier alpha value is -7.62. The maximum Gasteiger partial charge on any atom is 0.135 e. The van der Waals surface area contributed by atoms with E-state index in [4.69, 9.17) is 4.42 Å². The van der Waals surface area contributed by atoms with Gasteiger partial charge in [-0.15, -0.1) is 0 Å². The Balaban J connectivity index is 0.962. The summed E-state index contributed by atoms with van der Waals surface area (Å²) in [6.45, 7) is 0. The Morgan fingerprint density at radius 2 is 0.737 bits per heavy atom. The number of benzene rings is 9. The van der Waals surface area contributed by atoms with E-state index >= 15 is 0 Å². The molecule has 57 heavy (non-hydrogen) atoms. The van der Waals surface area contributed by atoms with Gasteiger partial charge in [0.25, 0.3) is 0 Å². The molecule has 0 amide bonds. The van der Waals surface area contributed by atoms with Gasteiger partial charge in [0.2, 0.25) is 0 Å². The van der Waals surface area contributed by atoms with Crippen molar-refractivity contribution in [1.82, 2.24) is 4.57 Å². The van der Waals surface area contributed by atoms with Crippen molar-refractivity contribution in [3.8, 4) is 39.1 Å². The highest BCUT2D eigenvalue weighted by molar-refractivity contribution is 6.09. The summed E-state index contributed by atoms with van der Waals surface area (Å²) in [5.74, 6) is 0. The Morgan fingerprint density at radius 1 is 0.298 bits per heavy atom. The average molecular weight is 729 g/mol. The highest BCUT2D eigenvalue weighted by Crippen LogP contribution is 2.39. The van der Waals surface area contributed by atoms with Crippen molar-refractivity contribution in [2.75, 3.05) is 4.90 Å². The third-order valence-corrected chi connectivity index (χ3v) is 11.2. The highest BCUT2D eigenvalue weighted by Gasteiger charge is 2.16. The van der Waals surface area contributed by atoms with E-state index in [1.807, 2.05) is 12.1 Å². The third-order valence-electron chi connectivity index (χ3n) is 11.2. The van der Waals surface area contributed by atoms with Crippen molar-refractivity contribution in [2.45, 2.75) is 0 Å². The predicted octanol–water partition coefficient (Wildman–Crippen LogP) is 15.2. The van der Waals surface area contributed by atoms with Crippen LogP contribution in [0.3, 0.4) is 0 Å². The molecule has 0 bridgehead atoms. The molecule has 3 heteroatoms. The molecule has 0 spiro atoms. The normalized spacial score (nSPS) is 11.5. The Kier molecular flexibility index (Phi) is 7.82. The fourth-order valence-corrected chi connectivity index (χ4v) is 8.42. The average Bonchev–Trinajstić information content (AvgIpc) is 3.83. The first-order valence-corrected chi connectivity index (χ1v) is 19.4. The lowest BCUT2D eigenvalue weighted by molar-refractivity contribution is 0.669. The third kappa shape index (κ3) is 5.76. The van der Waals surface area contributed by atoms with Crippen LogP contribution in [0.2, 0.25) is 0 Å². The van der Waals surface area contributed by atoms with Gasteiger partial charge in [-0.05, 0) is 112 Å². The molecule has 0 aliphatic carbocycles. The van der Waals surface area contributed by atoms with Crippen LogP contribution in [0.15, 0.2) is 223 Å². The molecule has 9 aromatic carbocycles. The number of nitrogens with zero attached hydrogens (tertiary/aromatic N) is 2. The van der Waals surface area contributed by atoms with Gasteiger partial charge < -0.3 is 13.9 Å². The van der Waals surface area contributed by atoms with Gasteiger partial charge in [-0.3, -0.25) is 0 Å². The summed E-state index contributed by atoms with van der Waals surface area (Å²) in [6.07, 6.45) is 0. The number of hydrogen-bond acceptors (Lipinski definition) is 2. The van der Waals surface area contributed by atoms with E-state index in [9.17, 15) is 0 Å². The Morgan fingerprint density at radius 3 is 1.35 bits per heavy atom. The summed E-state index contributed by atoms with van der Waals surface area (Å²) in [5, 5.41) is 4.80. The molecule has 0 aliphatic rings. The number of para-hydroxylation sites is 3. The smallest absolute Gasteiger partial charge is 0.135 e. The van der Waals surface area contributed by atoms with Crippen molar-refractivity contribution in [1.29, 1.82) is 0 Å². The second kappa shape index (κ2) is 13.6. The number of hydrogen-bond donors (Lipinski definition) is 0. The second-order valence-electron chi connectivity index (χ2n) is 14.6. The van der Waals surface area contributed by atoms with Gasteiger partial charge in [0, 0.05) is 44.3 Å². The molecule has 0 aliphatic heterocycles. The number of anilines is 3. The molecule has 0 saturated carbocycles. The van der Waals surface area contributed by atoms with E-state index in [1.54, 1.807) is 0 Å². The first kappa shape index (κ1) is 32.8. The quantitative estimate of drug-likeness (QED) is 0.163. The van der Waals surface area contributed by atoms with Gasteiger partial charge in [0.1, 0.15) is 11.2 Å². The van der Waals surface area contributed by atoms with Gasteiger partial charge >= 0.3 is 0 Å². The van der Waals surface area contributed by atoms with Gasteiger partial charge in [0.05, 0.1) is 11.0 Å². The maximum atomic E-state index is 6.11. The number of aromatic nitrogens is 1. The van der Waals surface area contributed by atoms with E-state index in [1.165, 1.54) is 44.1 Å². The van der Waals surface area contributed by atoms with Crippen LogP contribution < -0.4 is 4.90 Å². The van der Waals surface area contributed by atoms with Crippen LogP contribution in [0.1, 0.15) is 0 Å². The highest BCUT2D eigenvalue weighted by atomic mass is 16.3. The van der Waals surface area contributed by atoms with Gasteiger partial charge in [-0.1, -0.05) is 140 Å². The van der Waals surface area contributed by atoms with Crippen LogP contribution in [0, 0.1) is 0 Å². The first-order chi connectivity index (χ1) is 28.2. The predicted molar refractivity (Wildman–Crippen MR) is 239 cm³/mol. The topological polar surface area (TPSA) is 21.3 Å². The van der Waals surface area contributed by atoms with Crippen LogP contribution >= 0.6 is 0 Å². The minimum Gasteiger partial charge on any atom is -0.456 e. The van der Waals surface area contributed by atoms with Gasteiger partial charge in [-0.2, -0.15) is 0 Å². The zero-order valence-electron chi connectivity index (χ0n) is 31.1. The van der Waals surface area contributed by atoms with Crippen molar-refractivity contribution in [3.63, 3.8) is 0 Å². The second-order valence-corrected chi connectivity index (χ2v) is 14.6. The zero-order valence-corrected chi connectivity index (χ0v) is 31.1. The van der Waals surface area contributed by atoms with Gasteiger partial charge in [0.15, 0.2) is 0 Å².